The average molecular weight is 378 g/mol. The lowest BCUT2D eigenvalue weighted by Gasteiger charge is -2.32. The molecule has 3 rings (SSSR count). The molecule has 7 nitrogen and oxygen atoms in total. The molecule has 1 amide bonds. The smallest absolute Gasteiger partial charge is 0.316 e. The summed E-state index contributed by atoms with van der Waals surface area (Å²) < 4.78 is 6.57. The van der Waals surface area contributed by atoms with Gasteiger partial charge in [-0.1, -0.05) is 0 Å². The quantitative estimate of drug-likeness (QED) is 0.813. The first-order valence-electron chi connectivity index (χ1n) is 7.34. The molecule has 1 unspecified atom stereocenters. The molecule has 8 heteroatoms. The molecule has 1 aliphatic heterocycles. The van der Waals surface area contributed by atoms with Crippen molar-refractivity contribution in [2.45, 2.75) is 25.9 Å². The Labute approximate surface area is 142 Å². The van der Waals surface area contributed by atoms with E-state index in [4.69, 9.17) is 4.74 Å². The third kappa shape index (κ3) is 4.01. The maximum atomic E-state index is 12.5. The van der Waals surface area contributed by atoms with E-state index in [-0.39, 0.29) is 12.0 Å². The van der Waals surface area contributed by atoms with E-state index in [1.165, 1.54) is 6.20 Å². The molecule has 23 heavy (non-hydrogen) atoms. The number of likely N-dealkylation sites (tertiary alicyclic amines) is 1. The van der Waals surface area contributed by atoms with Gasteiger partial charge in [0.2, 0.25) is 0 Å². The minimum Gasteiger partial charge on any atom is -0.458 e. The van der Waals surface area contributed by atoms with Crippen LogP contribution in [-0.4, -0.2) is 49.9 Å². The Morgan fingerprint density at radius 2 is 2.00 bits per heavy atom. The van der Waals surface area contributed by atoms with Crippen molar-refractivity contribution in [2.75, 3.05) is 13.1 Å². The number of aromatic nitrogens is 4. The summed E-state index contributed by atoms with van der Waals surface area (Å²) in [7, 11) is 0. The largest absolute Gasteiger partial charge is 0.458 e. The second-order valence-electron chi connectivity index (χ2n) is 5.36. The molecular weight excluding hydrogens is 362 g/mol. The van der Waals surface area contributed by atoms with Crippen LogP contribution >= 0.6 is 15.9 Å². The number of hydrogen-bond donors (Lipinski definition) is 0. The van der Waals surface area contributed by atoms with E-state index in [0.717, 1.165) is 23.0 Å². The SMILES string of the molecule is Cc1cnc(C(=O)N2CCCC(Oc3ncc(Br)cn3)C2)cn1. The van der Waals surface area contributed by atoms with Crippen molar-refractivity contribution >= 4 is 21.8 Å². The van der Waals surface area contributed by atoms with Gasteiger partial charge in [-0.05, 0) is 35.7 Å². The molecule has 0 N–H and O–H groups in total. The van der Waals surface area contributed by atoms with Crippen LogP contribution in [0.3, 0.4) is 0 Å². The zero-order chi connectivity index (χ0) is 16.2. The molecule has 1 fully saturated rings. The molecule has 1 aliphatic rings. The first-order valence-corrected chi connectivity index (χ1v) is 8.13. The second kappa shape index (κ2) is 6.99. The molecule has 0 aliphatic carbocycles. The average Bonchev–Trinajstić information content (AvgIpc) is 2.57. The highest BCUT2D eigenvalue weighted by Crippen LogP contribution is 2.17. The lowest BCUT2D eigenvalue weighted by atomic mass is 10.1. The van der Waals surface area contributed by atoms with Gasteiger partial charge in [0.25, 0.3) is 5.91 Å². The van der Waals surface area contributed by atoms with Gasteiger partial charge in [0.15, 0.2) is 0 Å². The molecule has 0 spiro atoms. The molecule has 1 saturated heterocycles. The topological polar surface area (TPSA) is 81.1 Å². The number of nitrogens with zero attached hydrogens (tertiary/aromatic N) is 5. The van der Waals surface area contributed by atoms with Crippen molar-refractivity contribution in [1.82, 2.24) is 24.8 Å². The molecule has 0 aromatic carbocycles. The van der Waals surface area contributed by atoms with Gasteiger partial charge in [-0.25, -0.2) is 15.0 Å². The number of hydrogen-bond acceptors (Lipinski definition) is 6. The fraction of sp³-hybridized carbons (Fsp3) is 0.400. The normalized spacial score (nSPS) is 17.8. The molecule has 1 atom stereocenters. The Kier molecular flexibility index (Phi) is 4.80. The van der Waals surface area contributed by atoms with Crippen LogP contribution in [0.1, 0.15) is 29.0 Å². The molecule has 2 aromatic rings. The van der Waals surface area contributed by atoms with Gasteiger partial charge in [-0.15, -0.1) is 0 Å². The number of rotatable bonds is 3. The molecule has 3 heterocycles. The number of aryl methyl sites for hydroxylation is 1. The van der Waals surface area contributed by atoms with Crippen LogP contribution in [0.25, 0.3) is 0 Å². The Hall–Kier alpha value is -2.09. The van der Waals surface area contributed by atoms with Gasteiger partial charge < -0.3 is 9.64 Å². The van der Waals surface area contributed by atoms with Crippen molar-refractivity contribution in [3.8, 4) is 6.01 Å². The summed E-state index contributed by atoms with van der Waals surface area (Å²) in [6, 6.07) is 0.322. The van der Waals surface area contributed by atoms with E-state index < -0.39 is 0 Å². The standard InChI is InChI=1S/C15H16BrN5O2/c1-10-5-18-13(8-17-10)14(22)21-4-2-3-12(9-21)23-15-19-6-11(16)7-20-15/h5-8,12H,2-4,9H2,1H3. The highest BCUT2D eigenvalue weighted by Gasteiger charge is 2.27. The summed E-state index contributed by atoms with van der Waals surface area (Å²) in [5.74, 6) is -0.123. The summed E-state index contributed by atoms with van der Waals surface area (Å²) in [6.45, 7) is 3.02. The van der Waals surface area contributed by atoms with Gasteiger partial charge in [-0.3, -0.25) is 9.78 Å². The van der Waals surface area contributed by atoms with Crippen molar-refractivity contribution < 1.29 is 9.53 Å². The highest BCUT2D eigenvalue weighted by atomic mass is 79.9. The fourth-order valence-corrected chi connectivity index (χ4v) is 2.60. The number of halogens is 1. The van der Waals surface area contributed by atoms with Crippen molar-refractivity contribution in [2.24, 2.45) is 0 Å². The van der Waals surface area contributed by atoms with Crippen molar-refractivity contribution in [1.29, 1.82) is 0 Å². The second-order valence-corrected chi connectivity index (χ2v) is 6.28. The van der Waals surface area contributed by atoms with E-state index >= 15 is 0 Å². The molecule has 120 valence electrons. The van der Waals surface area contributed by atoms with E-state index in [9.17, 15) is 4.79 Å². The Balaban J connectivity index is 1.64. The van der Waals surface area contributed by atoms with Crippen LogP contribution in [0.2, 0.25) is 0 Å². The maximum Gasteiger partial charge on any atom is 0.316 e. The summed E-state index contributed by atoms with van der Waals surface area (Å²) in [6.07, 6.45) is 7.99. The monoisotopic (exact) mass is 377 g/mol. The summed E-state index contributed by atoms with van der Waals surface area (Å²) >= 11 is 3.28. The number of piperidine rings is 1. The lowest BCUT2D eigenvalue weighted by Crippen LogP contribution is -2.44. The number of amides is 1. The van der Waals surface area contributed by atoms with Gasteiger partial charge >= 0.3 is 6.01 Å². The van der Waals surface area contributed by atoms with E-state index in [1.807, 2.05) is 6.92 Å². The predicted octanol–water partition coefficient (Wildman–Crippen LogP) is 2.02. The zero-order valence-electron chi connectivity index (χ0n) is 12.6. The minimum absolute atomic E-state index is 0.118. The Morgan fingerprint density at radius 3 is 2.70 bits per heavy atom. The minimum atomic E-state index is -0.123. The number of carbonyl (C=O) groups excluding carboxylic acids is 1. The van der Waals surface area contributed by atoms with Crippen LogP contribution < -0.4 is 4.74 Å². The Bertz CT molecular complexity index is 677. The molecule has 2 aromatic heterocycles. The van der Waals surface area contributed by atoms with Crippen molar-refractivity contribution in [3.63, 3.8) is 0 Å². The first kappa shape index (κ1) is 15.8. The molecule has 0 radical (unpaired) electrons. The zero-order valence-corrected chi connectivity index (χ0v) is 14.2. The Morgan fingerprint density at radius 1 is 1.22 bits per heavy atom. The number of ether oxygens (including phenoxy) is 1. The fourth-order valence-electron chi connectivity index (χ4n) is 2.39. The van der Waals surface area contributed by atoms with Gasteiger partial charge in [0.1, 0.15) is 11.8 Å². The third-order valence-electron chi connectivity index (χ3n) is 3.53. The molecular formula is C15H16BrN5O2. The summed E-state index contributed by atoms with van der Waals surface area (Å²) in [5, 5.41) is 0. The third-order valence-corrected chi connectivity index (χ3v) is 3.94. The molecule has 0 saturated carbocycles. The van der Waals surface area contributed by atoms with Crippen LogP contribution in [0.5, 0.6) is 6.01 Å². The number of carbonyl (C=O) groups is 1. The van der Waals surface area contributed by atoms with Crippen LogP contribution in [0.4, 0.5) is 0 Å². The van der Waals surface area contributed by atoms with Gasteiger partial charge in [0, 0.05) is 25.1 Å². The van der Waals surface area contributed by atoms with Crippen LogP contribution in [0, 0.1) is 6.92 Å². The molecule has 0 bridgehead atoms. The lowest BCUT2D eigenvalue weighted by molar-refractivity contribution is 0.0510. The highest BCUT2D eigenvalue weighted by molar-refractivity contribution is 9.10. The first-order chi connectivity index (χ1) is 11.1. The van der Waals surface area contributed by atoms with Gasteiger partial charge in [0.05, 0.1) is 22.9 Å². The predicted molar refractivity (Wildman–Crippen MR) is 86.1 cm³/mol. The maximum absolute atomic E-state index is 12.5. The van der Waals surface area contributed by atoms with E-state index in [0.29, 0.717) is 24.8 Å². The van der Waals surface area contributed by atoms with Crippen molar-refractivity contribution in [3.05, 3.63) is 40.6 Å². The van der Waals surface area contributed by atoms with Crippen LogP contribution in [0.15, 0.2) is 29.3 Å². The van der Waals surface area contributed by atoms with E-state index in [2.05, 4.69) is 35.9 Å². The van der Waals surface area contributed by atoms with Crippen LogP contribution in [-0.2, 0) is 0 Å². The van der Waals surface area contributed by atoms with E-state index in [1.54, 1.807) is 23.5 Å². The summed E-state index contributed by atoms with van der Waals surface area (Å²) in [5.41, 5.74) is 1.14. The summed E-state index contributed by atoms with van der Waals surface area (Å²) in [4.78, 5) is 30.7. The van der Waals surface area contributed by atoms with Gasteiger partial charge in [-0.2, -0.15) is 0 Å².